The Morgan fingerprint density at radius 2 is 1.59 bits per heavy atom. The number of anilines is 3. The lowest BCUT2D eigenvalue weighted by atomic mass is 9.54. The van der Waals surface area contributed by atoms with Crippen LogP contribution in [0.25, 0.3) is 5.76 Å². The molecule has 0 bridgehead atoms. The predicted octanol–water partition coefficient (Wildman–Crippen LogP) is 1.14. The molecule has 15 heteroatoms. The minimum absolute atomic E-state index is 0.120. The number of rotatable bonds is 8. The van der Waals surface area contributed by atoms with Crippen LogP contribution < -0.4 is 21.7 Å². The van der Waals surface area contributed by atoms with Crippen molar-refractivity contribution in [2.24, 2.45) is 23.5 Å². The SMILES string of the molecule is CC(C)C(=O)Nc1ccc(NCC(=O)Nc2ccc3c(c2O)C(O)=C2C(=O)[C@]4(O)C(O)=C(C(N)=O)C(=O)[C@@H](N(C)C)C4C(O)C2C3C)cc1. The highest BCUT2D eigenvalue weighted by atomic mass is 16.4. The van der Waals surface area contributed by atoms with Crippen molar-refractivity contribution < 1.29 is 49.5 Å². The summed E-state index contributed by atoms with van der Waals surface area (Å²) >= 11 is 0. The van der Waals surface area contributed by atoms with Gasteiger partial charge in [-0.15, -0.1) is 0 Å². The number of phenols is 1. The van der Waals surface area contributed by atoms with Crippen LogP contribution >= 0.6 is 0 Å². The van der Waals surface area contributed by atoms with Crippen LogP contribution in [0.2, 0.25) is 0 Å². The number of ketones is 2. The van der Waals surface area contributed by atoms with Crippen molar-refractivity contribution in [3.8, 4) is 5.75 Å². The van der Waals surface area contributed by atoms with E-state index in [0.29, 0.717) is 16.9 Å². The summed E-state index contributed by atoms with van der Waals surface area (Å²) in [6, 6.07) is 8.09. The largest absolute Gasteiger partial charge is 0.508 e. The van der Waals surface area contributed by atoms with Gasteiger partial charge in [-0.3, -0.25) is 28.9 Å². The fraction of sp³-hybridized carbons (Fsp3) is 0.382. The van der Waals surface area contributed by atoms with Gasteiger partial charge in [-0.1, -0.05) is 26.8 Å². The molecule has 2 aromatic carbocycles. The fourth-order valence-electron chi connectivity index (χ4n) is 7.05. The Morgan fingerprint density at radius 1 is 0.980 bits per heavy atom. The summed E-state index contributed by atoms with van der Waals surface area (Å²) in [5.74, 6) is -11.0. The number of nitrogens with zero attached hydrogens (tertiary/aromatic N) is 1. The number of carbonyl (C=O) groups is 5. The van der Waals surface area contributed by atoms with Gasteiger partial charge in [0.05, 0.1) is 35.9 Å². The van der Waals surface area contributed by atoms with Crippen LogP contribution in [0, 0.1) is 17.8 Å². The van der Waals surface area contributed by atoms with E-state index < -0.39 is 87.3 Å². The molecule has 6 atom stereocenters. The number of benzene rings is 2. The summed E-state index contributed by atoms with van der Waals surface area (Å²) in [5, 5.41) is 65.6. The zero-order valence-corrected chi connectivity index (χ0v) is 27.4. The van der Waals surface area contributed by atoms with Crippen LogP contribution in [0.1, 0.15) is 37.8 Å². The van der Waals surface area contributed by atoms with E-state index in [-0.39, 0.29) is 29.6 Å². The van der Waals surface area contributed by atoms with Gasteiger partial charge >= 0.3 is 0 Å². The molecule has 3 amide bonds. The summed E-state index contributed by atoms with van der Waals surface area (Å²) in [5.41, 5.74) is 1.85. The monoisotopic (exact) mass is 677 g/mol. The number of nitrogens with two attached hydrogens (primary N) is 1. The highest BCUT2D eigenvalue weighted by Gasteiger charge is 2.68. The van der Waals surface area contributed by atoms with Crippen LogP contribution in [0.5, 0.6) is 5.75 Å². The number of Topliss-reactive ketones (excluding diaryl/α,β-unsaturated/α-hetero) is 2. The molecule has 3 aliphatic rings. The summed E-state index contributed by atoms with van der Waals surface area (Å²) < 4.78 is 0. The summed E-state index contributed by atoms with van der Waals surface area (Å²) in [4.78, 5) is 65.7. The molecule has 0 radical (unpaired) electrons. The molecule has 2 aromatic rings. The number of hydrogen-bond donors (Lipinski definition) is 9. The van der Waals surface area contributed by atoms with Crippen LogP contribution in [0.3, 0.4) is 0 Å². The van der Waals surface area contributed by atoms with Gasteiger partial charge in [-0.05, 0) is 55.9 Å². The number of aliphatic hydroxyl groups excluding tert-OH is 3. The number of amides is 3. The first-order valence-corrected chi connectivity index (χ1v) is 15.6. The van der Waals surface area contributed by atoms with Gasteiger partial charge in [0.2, 0.25) is 17.6 Å². The third-order valence-corrected chi connectivity index (χ3v) is 9.53. The van der Waals surface area contributed by atoms with Crippen LogP contribution in [-0.2, 0) is 24.0 Å². The second kappa shape index (κ2) is 12.7. The third kappa shape index (κ3) is 5.58. The number of fused-ring (bicyclic) bond motifs is 3. The molecule has 15 nitrogen and oxygen atoms in total. The van der Waals surface area contributed by atoms with Gasteiger partial charge in [-0.25, -0.2) is 0 Å². The van der Waals surface area contributed by atoms with Crippen molar-refractivity contribution >= 4 is 52.1 Å². The Bertz CT molecular complexity index is 1830. The van der Waals surface area contributed by atoms with Crippen molar-refractivity contribution in [1.29, 1.82) is 0 Å². The number of carbonyl (C=O) groups excluding carboxylic acids is 5. The maximum atomic E-state index is 14.1. The van der Waals surface area contributed by atoms with Gasteiger partial charge in [0.25, 0.3) is 5.91 Å². The summed E-state index contributed by atoms with van der Waals surface area (Å²) in [6.45, 7) is 4.91. The van der Waals surface area contributed by atoms with Crippen molar-refractivity contribution in [2.45, 2.75) is 44.4 Å². The van der Waals surface area contributed by atoms with Crippen LogP contribution in [0.15, 0.2) is 53.3 Å². The average Bonchev–Trinajstić information content (AvgIpc) is 3.03. The van der Waals surface area contributed by atoms with Gasteiger partial charge < -0.3 is 47.2 Å². The Balaban J connectivity index is 1.45. The molecule has 1 saturated carbocycles. The zero-order valence-electron chi connectivity index (χ0n) is 27.4. The lowest BCUT2D eigenvalue weighted by Crippen LogP contribution is -2.70. The molecule has 0 heterocycles. The molecular formula is C34H39N5O10. The maximum Gasteiger partial charge on any atom is 0.255 e. The molecule has 0 aliphatic heterocycles. The topological polar surface area (TPSA) is 252 Å². The minimum Gasteiger partial charge on any atom is -0.508 e. The van der Waals surface area contributed by atoms with Gasteiger partial charge in [0, 0.05) is 28.8 Å². The van der Waals surface area contributed by atoms with Gasteiger partial charge in [0.15, 0.2) is 11.4 Å². The van der Waals surface area contributed by atoms with Crippen LogP contribution in [0.4, 0.5) is 17.1 Å². The highest BCUT2D eigenvalue weighted by Crippen LogP contribution is 2.56. The second-order valence-electron chi connectivity index (χ2n) is 13.1. The first-order chi connectivity index (χ1) is 22.9. The maximum absolute atomic E-state index is 14.1. The molecule has 10 N–H and O–H groups in total. The molecule has 3 aliphatic carbocycles. The van der Waals surface area contributed by atoms with Gasteiger partial charge in [-0.2, -0.15) is 0 Å². The fourth-order valence-corrected chi connectivity index (χ4v) is 7.05. The molecule has 260 valence electrons. The predicted molar refractivity (Wildman–Crippen MR) is 177 cm³/mol. The van der Waals surface area contributed by atoms with E-state index in [1.54, 1.807) is 45.0 Å². The molecule has 5 rings (SSSR count). The Kier molecular flexibility index (Phi) is 9.05. The molecular weight excluding hydrogens is 638 g/mol. The van der Waals surface area contributed by atoms with Crippen molar-refractivity contribution in [3.05, 3.63) is 64.4 Å². The van der Waals surface area contributed by atoms with E-state index in [1.807, 2.05) is 0 Å². The molecule has 49 heavy (non-hydrogen) atoms. The standard InChI is InChI=1S/C34H39N5O10/c1-13(2)33(48)37-16-8-6-15(7-9-16)36-12-19(40)38-18-11-10-17-14(3)20-22(27(42)21(17)26(18)41)30(45)34(49)24(28(20)43)25(39(4)5)29(44)23(31(34)46)32(35)47/h6-11,13-14,20,24-25,28,36,41-43,46,49H,12H2,1-5H3,(H2,35,47)(H,37,48)(H,38,40)/t14?,20?,24?,25-,28?,34-/m0/s1. The lowest BCUT2D eigenvalue weighted by Gasteiger charge is -2.53. The highest BCUT2D eigenvalue weighted by molar-refractivity contribution is 6.24. The molecule has 0 saturated heterocycles. The summed E-state index contributed by atoms with van der Waals surface area (Å²) in [7, 11) is 2.86. The number of aromatic hydroxyl groups is 1. The molecule has 0 spiro atoms. The number of aliphatic hydroxyl groups is 4. The Morgan fingerprint density at radius 3 is 2.16 bits per heavy atom. The quantitative estimate of drug-likeness (QED) is 0.141. The lowest BCUT2D eigenvalue weighted by molar-refractivity contribution is -0.169. The number of primary amides is 1. The van der Waals surface area contributed by atoms with E-state index in [4.69, 9.17) is 5.73 Å². The number of phenolic OH excluding ortho intramolecular Hbond substituents is 1. The molecule has 1 fully saturated rings. The Labute approximate surface area is 281 Å². The second-order valence-corrected chi connectivity index (χ2v) is 13.1. The van der Waals surface area contributed by atoms with E-state index >= 15 is 0 Å². The Hall–Kier alpha value is -5.25. The first-order valence-electron chi connectivity index (χ1n) is 15.6. The van der Waals surface area contributed by atoms with Crippen molar-refractivity contribution in [2.75, 3.05) is 36.6 Å². The number of likely N-dealkylation sites (N-methyl/N-ethyl adjacent to an activating group) is 1. The minimum atomic E-state index is -3.03. The first kappa shape index (κ1) is 35.1. The zero-order chi connectivity index (χ0) is 36.3. The average molecular weight is 678 g/mol. The van der Waals surface area contributed by atoms with E-state index in [2.05, 4.69) is 16.0 Å². The summed E-state index contributed by atoms with van der Waals surface area (Å²) in [6.07, 6.45) is -1.72. The van der Waals surface area contributed by atoms with Crippen molar-refractivity contribution in [1.82, 2.24) is 4.90 Å². The molecule has 0 aromatic heterocycles. The number of hydrogen-bond acceptors (Lipinski definition) is 12. The van der Waals surface area contributed by atoms with E-state index in [1.165, 1.54) is 31.1 Å². The van der Waals surface area contributed by atoms with E-state index in [0.717, 1.165) is 0 Å². The third-order valence-electron chi connectivity index (χ3n) is 9.53. The molecule has 4 unspecified atom stereocenters. The smallest absolute Gasteiger partial charge is 0.255 e. The van der Waals surface area contributed by atoms with E-state index in [9.17, 15) is 49.5 Å². The normalized spacial score (nSPS) is 26.3. The van der Waals surface area contributed by atoms with Crippen molar-refractivity contribution in [3.63, 3.8) is 0 Å². The van der Waals surface area contributed by atoms with Crippen LogP contribution in [-0.4, -0.2) is 98.1 Å². The number of nitrogens with one attached hydrogen (secondary N) is 3. The van der Waals surface area contributed by atoms with Gasteiger partial charge in [0.1, 0.15) is 22.8 Å².